The Labute approximate surface area is 97.8 Å². The van der Waals surface area contributed by atoms with E-state index in [0.717, 1.165) is 19.5 Å². The Hall–Kier alpha value is -1.75. The maximum Gasteiger partial charge on any atom is 0.258 e. The van der Waals surface area contributed by atoms with Crippen LogP contribution in [0.25, 0.3) is 11.5 Å². The summed E-state index contributed by atoms with van der Waals surface area (Å²) in [5.74, 6) is 1.36. The van der Waals surface area contributed by atoms with Crippen LogP contribution in [0.4, 0.5) is 4.39 Å². The van der Waals surface area contributed by atoms with Gasteiger partial charge < -0.3 is 9.84 Å². The van der Waals surface area contributed by atoms with Gasteiger partial charge >= 0.3 is 0 Å². The third-order valence-corrected chi connectivity index (χ3v) is 2.88. The van der Waals surface area contributed by atoms with E-state index >= 15 is 0 Å². The maximum absolute atomic E-state index is 13.0. The Morgan fingerprint density at radius 1 is 1.41 bits per heavy atom. The predicted octanol–water partition coefficient (Wildman–Crippen LogP) is 1.64. The van der Waals surface area contributed by atoms with Gasteiger partial charge in [0.25, 0.3) is 5.89 Å². The number of nitrogens with one attached hydrogen (secondary N) is 1. The molecule has 0 atom stereocenters. The van der Waals surface area contributed by atoms with Crippen molar-refractivity contribution in [3.63, 3.8) is 0 Å². The van der Waals surface area contributed by atoms with Gasteiger partial charge in [0.15, 0.2) is 5.82 Å². The van der Waals surface area contributed by atoms with Crippen molar-refractivity contribution in [3.05, 3.63) is 35.9 Å². The molecule has 1 aliphatic rings. The zero-order valence-electron chi connectivity index (χ0n) is 9.19. The first-order valence-corrected chi connectivity index (χ1v) is 5.60. The van der Waals surface area contributed by atoms with Crippen LogP contribution in [0.3, 0.4) is 0 Å². The Bertz CT molecular complexity index is 522. The minimum absolute atomic E-state index is 0.301. The Balaban J connectivity index is 1.79. The van der Waals surface area contributed by atoms with Crippen LogP contribution in [0.5, 0.6) is 0 Å². The summed E-state index contributed by atoms with van der Waals surface area (Å²) in [6, 6.07) is 6.17. The lowest BCUT2D eigenvalue weighted by Crippen LogP contribution is -2.43. The lowest BCUT2D eigenvalue weighted by atomic mass is 9.99. The van der Waals surface area contributed by atoms with Gasteiger partial charge in [-0.2, -0.15) is 4.98 Å². The fourth-order valence-electron chi connectivity index (χ4n) is 1.83. The number of halogens is 1. The van der Waals surface area contributed by atoms with E-state index in [0.29, 0.717) is 23.2 Å². The Morgan fingerprint density at radius 3 is 3.00 bits per heavy atom. The highest BCUT2D eigenvalue weighted by atomic mass is 19.1. The van der Waals surface area contributed by atoms with Gasteiger partial charge in [0, 0.05) is 12.0 Å². The number of nitrogens with zero attached hydrogens (tertiary/aromatic N) is 2. The van der Waals surface area contributed by atoms with Crippen LogP contribution in [0.1, 0.15) is 5.82 Å². The van der Waals surface area contributed by atoms with E-state index in [2.05, 4.69) is 15.5 Å². The number of aromatic nitrogens is 2. The summed E-state index contributed by atoms with van der Waals surface area (Å²) in [4.78, 5) is 4.27. The topological polar surface area (TPSA) is 51.0 Å². The molecule has 1 aromatic carbocycles. The van der Waals surface area contributed by atoms with Crippen molar-refractivity contribution < 1.29 is 8.91 Å². The van der Waals surface area contributed by atoms with Crippen LogP contribution in [-0.4, -0.2) is 23.2 Å². The number of rotatable bonds is 3. The molecular weight excluding hydrogens is 221 g/mol. The SMILES string of the molecule is Fc1cccc(-c2nc(CC3CNC3)no2)c1. The summed E-state index contributed by atoms with van der Waals surface area (Å²) < 4.78 is 18.2. The molecule has 0 spiro atoms. The van der Waals surface area contributed by atoms with E-state index in [-0.39, 0.29) is 5.82 Å². The highest BCUT2D eigenvalue weighted by Crippen LogP contribution is 2.19. The van der Waals surface area contributed by atoms with Crippen molar-refractivity contribution in [2.24, 2.45) is 5.92 Å². The molecule has 0 amide bonds. The van der Waals surface area contributed by atoms with Gasteiger partial charge in [-0.1, -0.05) is 11.2 Å². The van der Waals surface area contributed by atoms with Crippen LogP contribution in [-0.2, 0) is 6.42 Å². The molecule has 3 rings (SSSR count). The fraction of sp³-hybridized carbons (Fsp3) is 0.333. The molecule has 5 heteroatoms. The molecular formula is C12H12FN3O. The van der Waals surface area contributed by atoms with E-state index in [4.69, 9.17) is 4.52 Å². The van der Waals surface area contributed by atoms with E-state index < -0.39 is 0 Å². The summed E-state index contributed by atoms with van der Waals surface area (Å²) in [6.45, 7) is 2.01. The van der Waals surface area contributed by atoms with Crippen molar-refractivity contribution in [2.75, 3.05) is 13.1 Å². The zero-order valence-corrected chi connectivity index (χ0v) is 9.19. The molecule has 17 heavy (non-hydrogen) atoms. The largest absolute Gasteiger partial charge is 0.334 e. The summed E-state index contributed by atoms with van der Waals surface area (Å²) in [6.07, 6.45) is 0.811. The molecule has 2 aromatic rings. The van der Waals surface area contributed by atoms with Gasteiger partial charge in [-0.15, -0.1) is 0 Å². The molecule has 1 aromatic heterocycles. The highest BCUT2D eigenvalue weighted by molar-refractivity contribution is 5.52. The third-order valence-electron chi connectivity index (χ3n) is 2.88. The first-order chi connectivity index (χ1) is 8.31. The third kappa shape index (κ3) is 2.19. The van der Waals surface area contributed by atoms with Crippen molar-refractivity contribution in [1.82, 2.24) is 15.5 Å². The molecule has 0 saturated carbocycles. The zero-order chi connectivity index (χ0) is 11.7. The molecule has 0 radical (unpaired) electrons. The first-order valence-electron chi connectivity index (χ1n) is 5.60. The quantitative estimate of drug-likeness (QED) is 0.875. The molecule has 1 aliphatic heterocycles. The lowest BCUT2D eigenvalue weighted by molar-refractivity contribution is 0.333. The Kier molecular flexibility index (Phi) is 2.60. The van der Waals surface area contributed by atoms with Gasteiger partial charge in [0.2, 0.25) is 0 Å². The molecule has 1 saturated heterocycles. The molecule has 4 nitrogen and oxygen atoms in total. The Morgan fingerprint density at radius 2 is 2.29 bits per heavy atom. The van der Waals surface area contributed by atoms with Gasteiger partial charge in [-0.05, 0) is 37.2 Å². The standard InChI is InChI=1S/C12H12FN3O/c13-10-3-1-2-9(5-10)12-15-11(16-17-12)4-8-6-14-7-8/h1-3,5,8,14H,4,6-7H2. The molecule has 88 valence electrons. The number of hydrogen-bond acceptors (Lipinski definition) is 4. The van der Waals surface area contributed by atoms with E-state index in [1.807, 2.05) is 0 Å². The van der Waals surface area contributed by atoms with Crippen LogP contribution >= 0.6 is 0 Å². The van der Waals surface area contributed by atoms with Crippen LogP contribution in [0.2, 0.25) is 0 Å². The normalized spacial score (nSPS) is 15.8. The maximum atomic E-state index is 13.0. The lowest BCUT2D eigenvalue weighted by Gasteiger charge is -2.25. The van der Waals surface area contributed by atoms with Crippen LogP contribution < -0.4 is 5.32 Å². The second-order valence-electron chi connectivity index (χ2n) is 4.25. The number of benzene rings is 1. The van der Waals surface area contributed by atoms with Crippen molar-refractivity contribution in [2.45, 2.75) is 6.42 Å². The van der Waals surface area contributed by atoms with Gasteiger partial charge in [-0.25, -0.2) is 4.39 Å². The van der Waals surface area contributed by atoms with E-state index in [9.17, 15) is 4.39 Å². The highest BCUT2D eigenvalue weighted by Gasteiger charge is 2.20. The van der Waals surface area contributed by atoms with Crippen LogP contribution in [0, 0.1) is 11.7 Å². The minimum atomic E-state index is -0.301. The average molecular weight is 233 g/mol. The number of hydrogen-bond donors (Lipinski definition) is 1. The average Bonchev–Trinajstić information content (AvgIpc) is 2.72. The molecule has 0 unspecified atom stereocenters. The summed E-state index contributed by atoms with van der Waals surface area (Å²) >= 11 is 0. The molecule has 1 N–H and O–H groups in total. The predicted molar refractivity (Wildman–Crippen MR) is 59.8 cm³/mol. The van der Waals surface area contributed by atoms with Gasteiger partial charge in [0.05, 0.1) is 0 Å². The second-order valence-corrected chi connectivity index (χ2v) is 4.25. The fourth-order valence-corrected chi connectivity index (χ4v) is 1.83. The van der Waals surface area contributed by atoms with E-state index in [1.165, 1.54) is 12.1 Å². The minimum Gasteiger partial charge on any atom is -0.334 e. The van der Waals surface area contributed by atoms with Gasteiger partial charge in [0.1, 0.15) is 5.82 Å². The molecule has 1 fully saturated rings. The first kappa shape index (κ1) is 10.4. The van der Waals surface area contributed by atoms with Crippen molar-refractivity contribution in [3.8, 4) is 11.5 Å². The summed E-state index contributed by atoms with van der Waals surface area (Å²) in [5.41, 5.74) is 0.621. The summed E-state index contributed by atoms with van der Waals surface area (Å²) in [5, 5.41) is 7.10. The second kappa shape index (κ2) is 4.25. The van der Waals surface area contributed by atoms with E-state index in [1.54, 1.807) is 12.1 Å². The molecule has 0 aliphatic carbocycles. The monoisotopic (exact) mass is 233 g/mol. The molecule has 0 bridgehead atoms. The van der Waals surface area contributed by atoms with Gasteiger partial charge in [-0.3, -0.25) is 0 Å². The van der Waals surface area contributed by atoms with Crippen molar-refractivity contribution >= 4 is 0 Å². The summed E-state index contributed by atoms with van der Waals surface area (Å²) in [7, 11) is 0. The smallest absolute Gasteiger partial charge is 0.258 e. The van der Waals surface area contributed by atoms with Crippen molar-refractivity contribution in [1.29, 1.82) is 0 Å². The van der Waals surface area contributed by atoms with Crippen LogP contribution in [0.15, 0.2) is 28.8 Å². The molecule has 2 heterocycles.